The van der Waals surface area contributed by atoms with Gasteiger partial charge in [-0.3, -0.25) is 4.90 Å². The molecule has 0 radical (unpaired) electrons. The first-order valence-corrected chi connectivity index (χ1v) is 6.61. The Balaban J connectivity index is 1.86. The van der Waals surface area contributed by atoms with Crippen LogP contribution in [-0.2, 0) is 10.9 Å². The Bertz CT molecular complexity index is 450. The van der Waals surface area contributed by atoms with Gasteiger partial charge in [-0.05, 0) is 6.07 Å². The van der Waals surface area contributed by atoms with E-state index in [1.807, 2.05) is 0 Å². The van der Waals surface area contributed by atoms with Crippen LogP contribution in [0.2, 0.25) is 5.02 Å². The van der Waals surface area contributed by atoms with E-state index >= 15 is 0 Å². The quantitative estimate of drug-likeness (QED) is 0.927. The maximum atomic E-state index is 12.5. The molecule has 0 bridgehead atoms. The van der Waals surface area contributed by atoms with E-state index in [1.165, 1.54) is 0 Å². The number of halogens is 4. The SMILES string of the molecule is FC(F)(F)c1cnc(NCCN2CCOCC2)c(Cl)c1. The van der Waals surface area contributed by atoms with Crippen LogP contribution >= 0.6 is 11.6 Å². The number of pyridine rings is 1. The number of hydrogen-bond donors (Lipinski definition) is 1. The molecule has 1 aliphatic rings. The number of anilines is 1. The minimum absolute atomic E-state index is 0.0261. The van der Waals surface area contributed by atoms with Crippen LogP contribution in [0.1, 0.15) is 5.56 Å². The molecule has 0 unspecified atom stereocenters. The van der Waals surface area contributed by atoms with E-state index in [4.69, 9.17) is 16.3 Å². The van der Waals surface area contributed by atoms with Crippen LogP contribution in [0.25, 0.3) is 0 Å². The third-order valence-electron chi connectivity index (χ3n) is 2.99. The predicted octanol–water partition coefficient (Wildman–Crippen LogP) is 2.50. The number of ether oxygens (including phenoxy) is 1. The molecule has 20 heavy (non-hydrogen) atoms. The number of alkyl halides is 3. The van der Waals surface area contributed by atoms with Crippen LogP contribution in [-0.4, -0.2) is 49.3 Å². The van der Waals surface area contributed by atoms with Crippen molar-refractivity contribution in [3.05, 3.63) is 22.8 Å². The summed E-state index contributed by atoms with van der Waals surface area (Å²) in [7, 11) is 0. The van der Waals surface area contributed by atoms with Gasteiger partial charge in [-0.25, -0.2) is 4.98 Å². The molecule has 0 atom stereocenters. The highest BCUT2D eigenvalue weighted by Gasteiger charge is 2.31. The molecule has 0 spiro atoms. The number of rotatable bonds is 4. The second-order valence-electron chi connectivity index (χ2n) is 4.43. The molecule has 112 valence electrons. The van der Waals surface area contributed by atoms with E-state index in [1.54, 1.807) is 0 Å². The lowest BCUT2D eigenvalue weighted by molar-refractivity contribution is -0.137. The van der Waals surface area contributed by atoms with Gasteiger partial charge < -0.3 is 10.1 Å². The normalized spacial score (nSPS) is 17.2. The zero-order valence-corrected chi connectivity index (χ0v) is 11.5. The van der Waals surface area contributed by atoms with E-state index in [9.17, 15) is 13.2 Å². The second-order valence-corrected chi connectivity index (χ2v) is 4.84. The molecule has 1 aromatic rings. The number of aromatic nitrogens is 1. The van der Waals surface area contributed by atoms with Crippen molar-refractivity contribution in [1.82, 2.24) is 9.88 Å². The van der Waals surface area contributed by atoms with E-state index in [0.29, 0.717) is 19.8 Å². The largest absolute Gasteiger partial charge is 0.417 e. The summed E-state index contributed by atoms with van der Waals surface area (Å²) in [5.74, 6) is 0.271. The summed E-state index contributed by atoms with van der Waals surface area (Å²) < 4.78 is 42.6. The zero-order chi connectivity index (χ0) is 14.6. The fourth-order valence-electron chi connectivity index (χ4n) is 1.88. The Kier molecular flexibility index (Phi) is 5.06. The summed E-state index contributed by atoms with van der Waals surface area (Å²) in [6.45, 7) is 4.46. The van der Waals surface area contributed by atoms with Crippen molar-refractivity contribution < 1.29 is 17.9 Å². The lowest BCUT2D eigenvalue weighted by Gasteiger charge is -2.26. The fourth-order valence-corrected chi connectivity index (χ4v) is 2.11. The monoisotopic (exact) mass is 309 g/mol. The topological polar surface area (TPSA) is 37.4 Å². The highest BCUT2D eigenvalue weighted by atomic mass is 35.5. The van der Waals surface area contributed by atoms with E-state index in [2.05, 4.69) is 15.2 Å². The molecule has 0 saturated carbocycles. The third kappa shape index (κ3) is 4.22. The van der Waals surface area contributed by atoms with Gasteiger partial charge in [-0.2, -0.15) is 13.2 Å². The molecule has 2 heterocycles. The summed E-state index contributed by atoms with van der Waals surface area (Å²) in [5, 5.41) is 2.92. The van der Waals surface area contributed by atoms with Crippen LogP contribution in [0.5, 0.6) is 0 Å². The van der Waals surface area contributed by atoms with Crippen molar-refractivity contribution in [2.24, 2.45) is 0 Å². The average Bonchev–Trinajstić information content (AvgIpc) is 2.40. The average molecular weight is 310 g/mol. The maximum absolute atomic E-state index is 12.5. The summed E-state index contributed by atoms with van der Waals surface area (Å²) in [5.41, 5.74) is -0.846. The first kappa shape index (κ1) is 15.3. The minimum atomic E-state index is -4.43. The van der Waals surface area contributed by atoms with E-state index < -0.39 is 11.7 Å². The van der Waals surface area contributed by atoms with Crippen LogP contribution < -0.4 is 5.32 Å². The summed E-state index contributed by atoms with van der Waals surface area (Å²) in [4.78, 5) is 5.92. The Morgan fingerprint density at radius 3 is 2.65 bits per heavy atom. The number of nitrogens with zero attached hydrogens (tertiary/aromatic N) is 2. The molecular weight excluding hydrogens is 295 g/mol. The number of hydrogen-bond acceptors (Lipinski definition) is 4. The molecule has 1 aliphatic heterocycles. The fraction of sp³-hybridized carbons (Fsp3) is 0.583. The second kappa shape index (κ2) is 6.60. The lowest BCUT2D eigenvalue weighted by Crippen LogP contribution is -2.39. The molecule has 4 nitrogen and oxygen atoms in total. The molecule has 0 aromatic carbocycles. The van der Waals surface area contributed by atoms with Gasteiger partial charge in [0.05, 0.1) is 23.8 Å². The first-order valence-electron chi connectivity index (χ1n) is 6.23. The minimum Gasteiger partial charge on any atom is -0.379 e. The van der Waals surface area contributed by atoms with Gasteiger partial charge in [0.25, 0.3) is 0 Å². The van der Waals surface area contributed by atoms with Gasteiger partial charge in [-0.15, -0.1) is 0 Å². The van der Waals surface area contributed by atoms with Crippen molar-refractivity contribution >= 4 is 17.4 Å². The van der Waals surface area contributed by atoms with Crippen LogP contribution in [0, 0.1) is 0 Å². The van der Waals surface area contributed by atoms with Gasteiger partial charge in [0.2, 0.25) is 0 Å². The zero-order valence-electron chi connectivity index (χ0n) is 10.7. The van der Waals surface area contributed by atoms with Crippen LogP contribution in [0.3, 0.4) is 0 Å². The summed E-state index contributed by atoms with van der Waals surface area (Å²) in [6.07, 6.45) is -3.65. The van der Waals surface area contributed by atoms with Gasteiger partial charge in [0.15, 0.2) is 0 Å². The van der Waals surface area contributed by atoms with E-state index in [-0.39, 0.29) is 10.8 Å². The first-order chi connectivity index (χ1) is 9.47. The Morgan fingerprint density at radius 2 is 2.05 bits per heavy atom. The van der Waals surface area contributed by atoms with Crippen LogP contribution in [0.4, 0.5) is 19.0 Å². The van der Waals surface area contributed by atoms with Crippen molar-refractivity contribution in [3.63, 3.8) is 0 Å². The lowest BCUT2D eigenvalue weighted by atomic mass is 10.3. The van der Waals surface area contributed by atoms with Gasteiger partial charge in [0.1, 0.15) is 5.82 Å². The Morgan fingerprint density at radius 1 is 1.35 bits per heavy atom. The van der Waals surface area contributed by atoms with Gasteiger partial charge >= 0.3 is 6.18 Å². The van der Waals surface area contributed by atoms with Gasteiger partial charge in [0, 0.05) is 32.4 Å². The molecule has 0 aliphatic carbocycles. The standard InChI is InChI=1S/C12H15ClF3N3O/c13-10-7-9(12(14,15)16)8-18-11(10)17-1-2-19-3-5-20-6-4-19/h7-8H,1-6H2,(H,17,18). The molecule has 8 heteroatoms. The molecule has 0 amide bonds. The van der Waals surface area contributed by atoms with Crippen molar-refractivity contribution in [2.45, 2.75) is 6.18 Å². The smallest absolute Gasteiger partial charge is 0.379 e. The Labute approximate surface area is 119 Å². The van der Waals surface area contributed by atoms with Gasteiger partial charge in [-0.1, -0.05) is 11.6 Å². The molecule has 2 rings (SSSR count). The summed E-state index contributed by atoms with van der Waals surface area (Å²) in [6, 6.07) is 0.881. The predicted molar refractivity (Wildman–Crippen MR) is 70.0 cm³/mol. The molecule has 1 saturated heterocycles. The van der Waals surface area contributed by atoms with E-state index in [0.717, 1.165) is 31.9 Å². The maximum Gasteiger partial charge on any atom is 0.417 e. The molecule has 1 aromatic heterocycles. The molecule has 1 fully saturated rings. The van der Waals surface area contributed by atoms with Crippen molar-refractivity contribution in [1.29, 1.82) is 0 Å². The number of morpholine rings is 1. The summed E-state index contributed by atoms with van der Waals surface area (Å²) >= 11 is 5.80. The highest BCUT2D eigenvalue weighted by molar-refractivity contribution is 6.32. The van der Waals surface area contributed by atoms with Crippen molar-refractivity contribution in [3.8, 4) is 0 Å². The number of nitrogens with one attached hydrogen (secondary N) is 1. The molecular formula is C12H15ClF3N3O. The Hall–Kier alpha value is -1.05. The third-order valence-corrected chi connectivity index (χ3v) is 3.28. The van der Waals surface area contributed by atoms with Crippen molar-refractivity contribution in [2.75, 3.05) is 44.7 Å². The van der Waals surface area contributed by atoms with Crippen LogP contribution in [0.15, 0.2) is 12.3 Å². The highest BCUT2D eigenvalue weighted by Crippen LogP contribution is 2.32. The molecule has 1 N–H and O–H groups in total.